The van der Waals surface area contributed by atoms with Crippen LogP contribution < -0.4 is 5.73 Å². The number of amides is 1. The smallest absolute Gasteiger partial charge is 0.239 e. The summed E-state index contributed by atoms with van der Waals surface area (Å²) in [7, 11) is 1.77. The maximum absolute atomic E-state index is 11.9. The summed E-state index contributed by atoms with van der Waals surface area (Å²) in [6.45, 7) is 3.67. The molecule has 18 heavy (non-hydrogen) atoms. The van der Waals surface area contributed by atoms with Crippen molar-refractivity contribution in [3.05, 3.63) is 29.3 Å². The van der Waals surface area contributed by atoms with E-state index in [0.29, 0.717) is 0 Å². The predicted molar refractivity (Wildman–Crippen MR) is 74.5 cm³/mol. The topological polar surface area (TPSA) is 59.2 Å². The molecule has 0 aliphatic heterocycles. The molecule has 0 spiro atoms. The molecule has 0 aliphatic carbocycles. The molecule has 1 aromatic heterocycles. The Morgan fingerprint density at radius 3 is 2.67 bits per heavy atom. The molecule has 1 heterocycles. The van der Waals surface area contributed by atoms with E-state index in [-0.39, 0.29) is 11.9 Å². The summed E-state index contributed by atoms with van der Waals surface area (Å²) in [5.74, 6) is -0.0678. The summed E-state index contributed by atoms with van der Waals surface area (Å²) in [6, 6.07) is 7.44. The minimum Gasteiger partial charge on any atom is -0.335 e. The first-order valence-corrected chi connectivity index (χ1v) is 6.70. The maximum Gasteiger partial charge on any atom is 0.239 e. The Kier molecular flexibility index (Phi) is 3.63. The van der Waals surface area contributed by atoms with Gasteiger partial charge in [0.15, 0.2) is 0 Å². The lowest BCUT2D eigenvalue weighted by Crippen LogP contribution is -2.40. The van der Waals surface area contributed by atoms with Crippen LogP contribution >= 0.6 is 11.3 Å². The zero-order chi connectivity index (χ0) is 13.3. The number of likely N-dealkylation sites (N-methyl/N-ethyl adjacent to an activating group) is 1. The van der Waals surface area contributed by atoms with Gasteiger partial charge in [-0.2, -0.15) is 0 Å². The largest absolute Gasteiger partial charge is 0.335 e. The Labute approximate surface area is 110 Å². The first-order chi connectivity index (χ1) is 8.50. The summed E-state index contributed by atoms with van der Waals surface area (Å²) >= 11 is 1.62. The fraction of sp³-hybridized carbons (Fsp3) is 0.385. The first kappa shape index (κ1) is 13.0. The van der Waals surface area contributed by atoms with Gasteiger partial charge >= 0.3 is 0 Å². The third-order valence-corrected chi connectivity index (χ3v) is 4.19. The van der Waals surface area contributed by atoms with Gasteiger partial charge in [-0.15, -0.1) is 11.3 Å². The summed E-state index contributed by atoms with van der Waals surface area (Å²) in [4.78, 5) is 18.1. The molecule has 4 nitrogen and oxygen atoms in total. The van der Waals surface area contributed by atoms with E-state index in [1.165, 1.54) is 0 Å². The molecular formula is C13H17N3OS. The number of aromatic nitrogens is 1. The Morgan fingerprint density at radius 2 is 2.06 bits per heavy atom. The number of nitrogens with zero attached hydrogens (tertiary/aromatic N) is 2. The minimum absolute atomic E-state index is 0.0547. The molecule has 2 atom stereocenters. The minimum atomic E-state index is -0.480. The zero-order valence-corrected chi connectivity index (χ0v) is 11.6. The quantitative estimate of drug-likeness (QED) is 0.923. The van der Waals surface area contributed by atoms with Crippen LogP contribution in [0.1, 0.15) is 24.9 Å². The van der Waals surface area contributed by atoms with Gasteiger partial charge in [-0.05, 0) is 26.0 Å². The summed E-state index contributed by atoms with van der Waals surface area (Å²) in [5.41, 5.74) is 6.60. The lowest BCUT2D eigenvalue weighted by atomic mass is 10.2. The van der Waals surface area contributed by atoms with Crippen LogP contribution in [0.5, 0.6) is 0 Å². The molecule has 5 heteroatoms. The standard InChI is InChI=1S/C13H17N3OS/c1-8(14)13(17)16(3)9(2)12-15-10-6-4-5-7-11(10)18-12/h4-9H,14H2,1-3H3. The van der Waals surface area contributed by atoms with E-state index >= 15 is 0 Å². The van der Waals surface area contributed by atoms with E-state index in [9.17, 15) is 4.79 Å². The van der Waals surface area contributed by atoms with Gasteiger partial charge in [-0.1, -0.05) is 12.1 Å². The molecule has 1 amide bonds. The molecule has 0 radical (unpaired) electrons. The van der Waals surface area contributed by atoms with E-state index in [2.05, 4.69) is 4.98 Å². The van der Waals surface area contributed by atoms with Crippen LogP contribution in [0.3, 0.4) is 0 Å². The van der Waals surface area contributed by atoms with E-state index in [1.54, 1.807) is 30.2 Å². The first-order valence-electron chi connectivity index (χ1n) is 5.88. The lowest BCUT2D eigenvalue weighted by molar-refractivity contribution is -0.132. The van der Waals surface area contributed by atoms with Crippen molar-refractivity contribution < 1.29 is 4.79 Å². The molecule has 0 fully saturated rings. The number of para-hydroxylation sites is 1. The maximum atomic E-state index is 11.9. The van der Waals surface area contributed by atoms with Crippen LogP contribution in [-0.4, -0.2) is 28.9 Å². The number of thiazole rings is 1. The number of carbonyl (C=O) groups excluding carboxylic acids is 1. The fourth-order valence-electron chi connectivity index (χ4n) is 1.75. The van der Waals surface area contributed by atoms with Crippen molar-refractivity contribution in [1.82, 2.24) is 9.88 Å². The average molecular weight is 263 g/mol. The molecule has 2 N–H and O–H groups in total. The average Bonchev–Trinajstić information content (AvgIpc) is 2.79. The highest BCUT2D eigenvalue weighted by Gasteiger charge is 2.22. The Hall–Kier alpha value is -1.46. The van der Waals surface area contributed by atoms with Crippen LogP contribution in [0.15, 0.2) is 24.3 Å². The fourth-order valence-corrected chi connectivity index (χ4v) is 2.81. The highest BCUT2D eigenvalue weighted by Crippen LogP contribution is 2.28. The summed E-state index contributed by atoms with van der Waals surface area (Å²) in [5, 5.41) is 0.938. The van der Waals surface area contributed by atoms with Crippen LogP contribution in [0.25, 0.3) is 10.2 Å². The molecule has 2 aromatic rings. The van der Waals surface area contributed by atoms with Crippen molar-refractivity contribution in [3.8, 4) is 0 Å². The number of nitrogens with two attached hydrogens (primary N) is 1. The second-order valence-corrected chi connectivity index (χ2v) is 5.50. The molecule has 1 aromatic carbocycles. The van der Waals surface area contributed by atoms with E-state index in [1.807, 2.05) is 31.2 Å². The molecule has 0 bridgehead atoms. The van der Waals surface area contributed by atoms with Gasteiger partial charge in [0, 0.05) is 7.05 Å². The van der Waals surface area contributed by atoms with Gasteiger partial charge in [0.2, 0.25) is 5.91 Å². The Balaban J connectivity index is 2.27. The second-order valence-electron chi connectivity index (χ2n) is 4.43. The van der Waals surface area contributed by atoms with Crippen LogP contribution in [0.4, 0.5) is 0 Å². The molecule has 0 aliphatic rings. The van der Waals surface area contributed by atoms with Gasteiger partial charge in [-0.3, -0.25) is 4.79 Å². The predicted octanol–water partition coefficient (Wildman–Crippen LogP) is 2.16. The summed E-state index contributed by atoms with van der Waals surface area (Å²) in [6.07, 6.45) is 0. The third-order valence-electron chi connectivity index (χ3n) is 2.99. The van der Waals surface area contributed by atoms with Gasteiger partial charge in [0.25, 0.3) is 0 Å². The number of benzene rings is 1. The number of fused-ring (bicyclic) bond motifs is 1. The van der Waals surface area contributed by atoms with Crippen LogP contribution in [-0.2, 0) is 4.79 Å². The highest BCUT2D eigenvalue weighted by atomic mass is 32.1. The van der Waals surface area contributed by atoms with Gasteiger partial charge in [0.05, 0.1) is 22.3 Å². The Bertz CT molecular complexity index is 531. The van der Waals surface area contributed by atoms with Crippen molar-refractivity contribution in [3.63, 3.8) is 0 Å². The Morgan fingerprint density at radius 1 is 1.39 bits per heavy atom. The molecule has 0 saturated carbocycles. The van der Waals surface area contributed by atoms with Crippen molar-refractivity contribution in [2.24, 2.45) is 5.73 Å². The molecule has 2 rings (SSSR count). The van der Waals surface area contributed by atoms with E-state index in [0.717, 1.165) is 15.2 Å². The monoisotopic (exact) mass is 263 g/mol. The molecule has 0 saturated heterocycles. The number of carbonyl (C=O) groups is 1. The normalized spacial score (nSPS) is 14.4. The van der Waals surface area contributed by atoms with Crippen LogP contribution in [0.2, 0.25) is 0 Å². The van der Waals surface area contributed by atoms with Crippen LogP contribution in [0, 0.1) is 0 Å². The SMILES string of the molecule is CC(N)C(=O)N(C)C(C)c1nc2ccccc2s1. The molecule has 96 valence electrons. The van der Waals surface area contributed by atoms with Crippen molar-refractivity contribution in [2.75, 3.05) is 7.05 Å². The number of hydrogen-bond donors (Lipinski definition) is 1. The second kappa shape index (κ2) is 5.04. The van der Waals surface area contributed by atoms with Crippen molar-refractivity contribution in [1.29, 1.82) is 0 Å². The third kappa shape index (κ3) is 2.37. The van der Waals surface area contributed by atoms with E-state index < -0.39 is 6.04 Å². The zero-order valence-electron chi connectivity index (χ0n) is 10.8. The van der Waals surface area contributed by atoms with Gasteiger partial charge in [0.1, 0.15) is 5.01 Å². The number of rotatable bonds is 3. The number of hydrogen-bond acceptors (Lipinski definition) is 4. The van der Waals surface area contributed by atoms with Gasteiger partial charge < -0.3 is 10.6 Å². The molecule has 2 unspecified atom stereocenters. The van der Waals surface area contributed by atoms with Crippen molar-refractivity contribution in [2.45, 2.75) is 25.9 Å². The summed E-state index contributed by atoms with van der Waals surface area (Å²) < 4.78 is 1.14. The van der Waals surface area contributed by atoms with Crippen molar-refractivity contribution >= 4 is 27.5 Å². The molecular weight excluding hydrogens is 246 g/mol. The van der Waals surface area contributed by atoms with E-state index in [4.69, 9.17) is 5.73 Å². The highest BCUT2D eigenvalue weighted by molar-refractivity contribution is 7.18. The van der Waals surface area contributed by atoms with Gasteiger partial charge in [-0.25, -0.2) is 4.98 Å². The lowest BCUT2D eigenvalue weighted by Gasteiger charge is -2.24.